The van der Waals surface area contributed by atoms with Gasteiger partial charge in [-0.05, 0) is 36.1 Å². The largest absolute Gasteiger partial charge is 0.463 e. The highest BCUT2D eigenvalue weighted by Crippen LogP contribution is 2.35. The van der Waals surface area contributed by atoms with Crippen LogP contribution in [0.3, 0.4) is 0 Å². The Morgan fingerprint density at radius 1 is 1.05 bits per heavy atom. The van der Waals surface area contributed by atoms with E-state index in [0.717, 1.165) is 27.6 Å². The number of benzene rings is 3. The van der Waals surface area contributed by atoms with Crippen LogP contribution in [0.15, 0.2) is 100 Å². The number of nitrogens with zero attached hydrogens (tertiary/aromatic N) is 2. The summed E-state index contributed by atoms with van der Waals surface area (Å²) in [7, 11) is 0. The number of carbonyl (C=O) groups is 1. The molecule has 0 bridgehead atoms. The van der Waals surface area contributed by atoms with Crippen molar-refractivity contribution in [2.24, 2.45) is 4.99 Å². The fraction of sp³-hybridized carbons (Fsp3) is 0.182. The molecule has 0 saturated carbocycles. The highest BCUT2D eigenvalue weighted by atomic mass is 32.1. The van der Waals surface area contributed by atoms with Crippen LogP contribution in [0.2, 0.25) is 0 Å². The number of nitrogens with one attached hydrogen (secondary N) is 1. The molecule has 0 unspecified atom stereocenters. The summed E-state index contributed by atoms with van der Waals surface area (Å²) in [6.45, 7) is 6.28. The molecule has 1 N–H and O–H groups in total. The predicted molar refractivity (Wildman–Crippen MR) is 160 cm³/mol. The van der Waals surface area contributed by atoms with E-state index in [4.69, 9.17) is 9.73 Å². The molecule has 2 aromatic heterocycles. The van der Waals surface area contributed by atoms with Crippen LogP contribution >= 0.6 is 11.3 Å². The van der Waals surface area contributed by atoms with E-state index in [1.807, 2.05) is 79.0 Å². The second kappa shape index (κ2) is 10.6. The normalized spacial score (nSPS) is 15.4. The smallest absolute Gasteiger partial charge is 0.338 e. The number of fused-ring (bicyclic) bond motifs is 2. The molecular weight excluding hydrogens is 518 g/mol. The number of aromatic nitrogens is 2. The van der Waals surface area contributed by atoms with E-state index >= 15 is 0 Å². The van der Waals surface area contributed by atoms with Crippen molar-refractivity contribution in [3.05, 3.63) is 133 Å². The second-order valence-electron chi connectivity index (χ2n) is 10.0. The van der Waals surface area contributed by atoms with Gasteiger partial charge in [-0.15, -0.1) is 0 Å². The Hall–Kier alpha value is -4.49. The fourth-order valence-corrected chi connectivity index (χ4v) is 6.17. The minimum atomic E-state index is -0.683. The SMILES string of the molecule is CCOC(=O)C1=C(c2ccccc2)N=c2s/c(=C/c3c[nH]c4ccccc34)c(=O)n2[C@H]1c1ccc(C(C)C)cc1. The summed E-state index contributed by atoms with van der Waals surface area (Å²) in [6, 6.07) is 25.1. The molecule has 0 amide bonds. The maximum Gasteiger partial charge on any atom is 0.338 e. The van der Waals surface area contributed by atoms with E-state index in [1.54, 1.807) is 11.5 Å². The third-order valence-corrected chi connectivity index (χ3v) is 8.18. The van der Waals surface area contributed by atoms with Crippen LogP contribution < -0.4 is 14.9 Å². The maximum absolute atomic E-state index is 14.1. The van der Waals surface area contributed by atoms with E-state index in [2.05, 4.69) is 31.0 Å². The standard InChI is InChI=1S/C33H29N3O3S/c1-4-39-32(38)28-29(22-10-6-5-7-11-22)35-33-36(30(28)23-16-14-21(15-17-23)20(2)3)31(37)27(40-33)18-24-19-34-26-13-9-8-12-25(24)26/h5-20,30,34H,4H2,1-3H3/b27-18+/t30-/m0/s1. The molecule has 1 atom stereocenters. The second-order valence-corrected chi connectivity index (χ2v) is 11.1. The summed E-state index contributed by atoms with van der Waals surface area (Å²) in [5.74, 6) is -0.124. The number of H-pyrrole nitrogens is 1. The lowest BCUT2D eigenvalue weighted by Gasteiger charge is -2.26. The monoisotopic (exact) mass is 547 g/mol. The number of esters is 1. The third-order valence-electron chi connectivity index (χ3n) is 7.20. The third kappa shape index (κ3) is 4.52. The van der Waals surface area contributed by atoms with Crippen LogP contribution in [0.4, 0.5) is 0 Å². The first-order valence-corrected chi connectivity index (χ1v) is 14.2. The van der Waals surface area contributed by atoms with Crippen molar-refractivity contribution in [2.75, 3.05) is 6.61 Å². The number of ether oxygens (including phenoxy) is 1. The van der Waals surface area contributed by atoms with Crippen LogP contribution in [0.1, 0.15) is 55.0 Å². The molecule has 0 spiro atoms. The van der Waals surface area contributed by atoms with E-state index in [0.29, 0.717) is 26.5 Å². The van der Waals surface area contributed by atoms with Gasteiger partial charge in [-0.25, -0.2) is 9.79 Å². The number of hydrogen-bond donors (Lipinski definition) is 1. The van der Waals surface area contributed by atoms with Crippen molar-refractivity contribution < 1.29 is 9.53 Å². The van der Waals surface area contributed by atoms with Gasteiger partial charge in [0.1, 0.15) is 0 Å². The summed E-state index contributed by atoms with van der Waals surface area (Å²) < 4.78 is 7.75. The number of thiazole rings is 1. The van der Waals surface area contributed by atoms with Crippen LogP contribution in [0, 0.1) is 0 Å². The molecule has 6 nitrogen and oxygen atoms in total. The van der Waals surface area contributed by atoms with Crippen molar-refractivity contribution in [1.29, 1.82) is 0 Å². The molecule has 0 saturated heterocycles. The minimum absolute atomic E-state index is 0.194. The van der Waals surface area contributed by atoms with E-state index in [-0.39, 0.29) is 12.2 Å². The summed E-state index contributed by atoms with van der Waals surface area (Å²) >= 11 is 1.33. The Kier molecular flexibility index (Phi) is 6.82. The number of rotatable bonds is 6. The average Bonchev–Trinajstić information content (AvgIpc) is 3.53. The van der Waals surface area contributed by atoms with Crippen molar-refractivity contribution in [3.8, 4) is 0 Å². The Morgan fingerprint density at radius 2 is 1.77 bits per heavy atom. The summed E-state index contributed by atoms with van der Waals surface area (Å²) in [6.07, 6.45) is 3.81. The lowest BCUT2D eigenvalue weighted by atomic mass is 9.91. The molecule has 6 rings (SSSR count). The van der Waals surface area contributed by atoms with Crippen molar-refractivity contribution in [3.63, 3.8) is 0 Å². The van der Waals surface area contributed by atoms with Gasteiger partial charge in [-0.3, -0.25) is 9.36 Å². The van der Waals surface area contributed by atoms with Gasteiger partial charge in [0.15, 0.2) is 4.80 Å². The van der Waals surface area contributed by atoms with Gasteiger partial charge in [0.25, 0.3) is 5.56 Å². The molecule has 0 radical (unpaired) electrons. The average molecular weight is 548 g/mol. The molecule has 0 aliphatic carbocycles. The number of para-hydroxylation sites is 1. The van der Waals surface area contributed by atoms with Gasteiger partial charge in [0.05, 0.1) is 28.5 Å². The highest BCUT2D eigenvalue weighted by molar-refractivity contribution is 7.07. The minimum Gasteiger partial charge on any atom is -0.463 e. The maximum atomic E-state index is 14.1. The van der Waals surface area contributed by atoms with Crippen molar-refractivity contribution in [2.45, 2.75) is 32.7 Å². The zero-order valence-electron chi connectivity index (χ0n) is 22.5. The quantitative estimate of drug-likeness (QED) is 0.284. The van der Waals surface area contributed by atoms with E-state index in [9.17, 15) is 9.59 Å². The molecule has 3 aromatic carbocycles. The van der Waals surface area contributed by atoms with E-state index in [1.165, 1.54) is 16.9 Å². The van der Waals surface area contributed by atoms with Crippen molar-refractivity contribution >= 4 is 40.0 Å². The molecule has 200 valence electrons. The van der Waals surface area contributed by atoms with Gasteiger partial charge >= 0.3 is 5.97 Å². The van der Waals surface area contributed by atoms with Crippen LogP contribution in [-0.4, -0.2) is 22.1 Å². The molecule has 1 aliphatic rings. The topological polar surface area (TPSA) is 76.4 Å². The first-order chi connectivity index (χ1) is 19.5. The number of aromatic amines is 1. The Labute approximate surface area is 235 Å². The summed E-state index contributed by atoms with van der Waals surface area (Å²) in [5, 5.41) is 1.03. The van der Waals surface area contributed by atoms with Gasteiger partial charge in [-0.2, -0.15) is 0 Å². The van der Waals surface area contributed by atoms with Gasteiger partial charge < -0.3 is 9.72 Å². The van der Waals surface area contributed by atoms with Gasteiger partial charge in [0.2, 0.25) is 0 Å². The number of hydrogen-bond acceptors (Lipinski definition) is 5. The zero-order chi connectivity index (χ0) is 27.8. The Bertz CT molecular complexity index is 1930. The van der Waals surface area contributed by atoms with Crippen LogP contribution in [0.25, 0.3) is 22.7 Å². The number of carbonyl (C=O) groups excluding carboxylic acids is 1. The summed E-state index contributed by atoms with van der Waals surface area (Å²) in [5.41, 5.74) is 5.42. The van der Waals surface area contributed by atoms with Crippen LogP contribution in [0.5, 0.6) is 0 Å². The molecule has 1 aliphatic heterocycles. The molecule has 0 fully saturated rings. The van der Waals surface area contributed by atoms with E-state index < -0.39 is 12.0 Å². The molecule has 5 aromatic rings. The highest BCUT2D eigenvalue weighted by Gasteiger charge is 2.35. The van der Waals surface area contributed by atoms with Gasteiger partial charge in [0, 0.05) is 28.2 Å². The Balaban J connectivity index is 1.64. The molecule has 3 heterocycles. The fourth-order valence-electron chi connectivity index (χ4n) is 5.17. The molecule has 40 heavy (non-hydrogen) atoms. The zero-order valence-corrected chi connectivity index (χ0v) is 23.4. The predicted octanol–water partition coefficient (Wildman–Crippen LogP) is 5.54. The summed E-state index contributed by atoms with van der Waals surface area (Å²) in [4.78, 5) is 36.5. The lowest BCUT2D eigenvalue weighted by molar-refractivity contribution is -0.138. The van der Waals surface area contributed by atoms with Gasteiger partial charge in [-0.1, -0.05) is 98.0 Å². The lowest BCUT2D eigenvalue weighted by Crippen LogP contribution is -2.40. The molecule has 7 heteroatoms. The first kappa shape index (κ1) is 25.8. The molecular formula is C33H29N3O3S. The van der Waals surface area contributed by atoms with Crippen molar-refractivity contribution in [1.82, 2.24) is 9.55 Å². The first-order valence-electron chi connectivity index (χ1n) is 13.4. The Morgan fingerprint density at radius 3 is 2.50 bits per heavy atom. The van der Waals surface area contributed by atoms with Crippen LogP contribution in [-0.2, 0) is 9.53 Å².